The second-order valence-electron chi connectivity index (χ2n) is 4.81. The van der Waals surface area contributed by atoms with Gasteiger partial charge in [0, 0.05) is 17.0 Å². The molecule has 1 spiro atoms. The Morgan fingerprint density at radius 1 is 1.38 bits per heavy atom. The SMILES string of the molecule is Clc1ccc(C2CNC3(CCCC3)CO2)s1. The molecular formula is C12H16ClNOS. The van der Waals surface area contributed by atoms with E-state index in [1.165, 1.54) is 30.6 Å². The minimum Gasteiger partial charge on any atom is -0.369 e. The standard InChI is InChI=1S/C12H16ClNOS/c13-11-4-3-10(16-11)9-7-14-12(8-15-9)5-1-2-6-12/h3-4,9,14H,1-2,5-8H2. The molecular weight excluding hydrogens is 242 g/mol. The normalized spacial score (nSPS) is 28.7. The number of nitrogens with one attached hydrogen (secondary N) is 1. The van der Waals surface area contributed by atoms with Gasteiger partial charge in [-0.3, -0.25) is 0 Å². The molecule has 88 valence electrons. The minimum absolute atomic E-state index is 0.198. The predicted molar refractivity (Wildman–Crippen MR) is 67.2 cm³/mol. The van der Waals surface area contributed by atoms with Gasteiger partial charge in [0.1, 0.15) is 6.10 Å². The summed E-state index contributed by atoms with van der Waals surface area (Å²) in [6.45, 7) is 1.78. The van der Waals surface area contributed by atoms with Crippen LogP contribution >= 0.6 is 22.9 Å². The first-order valence-electron chi connectivity index (χ1n) is 5.89. The number of hydrogen-bond donors (Lipinski definition) is 1. The number of hydrogen-bond acceptors (Lipinski definition) is 3. The van der Waals surface area contributed by atoms with E-state index in [0.717, 1.165) is 17.5 Å². The van der Waals surface area contributed by atoms with Crippen LogP contribution in [0.1, 0.15) is 36.7 Å². The number of rotatable bonds is 1. The molecule has 1 aliphatic heterocycles. The Balaban J connectivity index is 1.66. The predicted octanol–water partition coefficient (Wildman–Crippen LogP) is 3.38. The van der Waals surface area contributed by atoms with E-state index in [4.69, 9.17) is 16.3 Å². The van der Waals surface area contributed by atoms with E-state index < -0.39 is 0 Å². The molecule has 1 aliphatic carbocycles. The molecule has 2 fully saturated rings. The summed E-state index contributed by atoms with van der Waals surface area (Å²) < 4.78 is 6.85. The van der Waals surface area contributed by atoms with Gasteiger partial charge in [-0.1, -0.05) is 24.4 Å². The Bertz CT molecular complexity index is 363. The maximum atomic E-state index is 6.00. The van der Waals surface area contributed by atoms with Crippen molar-refractivity contribution in [2.75, 3.05) is 13.2 Å². The monoisotopic (exact) mass is 257 g/mol. The summed E-state index contributed by atoms with van der Waals surface area (Å²) in [7, 11) is 0. The molecule has 1 unspecified atom stereocenters. The lowest BCUT2D eigenvalue weighted by Crippen LogP contribution is -2.52. The van der Waals surface area contributed by atoms with Crippen LogP contribution in [-0.2, 0) is 4.74 Å². The van der Waals surface area contributed by atoms with Gasteiger partial charge in [0.2, 0.25) is 0 Å². The largest absolute Gasteiger partial charge is 0.369 e. The van der Waals surface area contributed by atoms with Gasteiger partial charge < -0.3 is 10.1 Å². The quantitative estimate of drug-likeness (QED) is 0.833. The van der Waals surface area contributed by atoms with E-state index in [2.05, 4.69) is 11.4 Å². The Morgan fingerprint density at radius 3 is 2.75 bits per heavy atom. The molecule has 3 rings (SSSR count). The van der Waals surface area contributed by atoms with Gasteiger partial charge in [0.25, 0.3) is 0 Å². The van der Waals surface area contributed by atoms with Crippen LogP contribution in [0.4, 0.5) is 0 Å². The van der Waals surface area contributed by atoms with Crippen molar-refractivity contribution < 1.29 is 4.74 Å². The maximum absolute atomic E-state index is 6.00. The fourth-order valence-electron chi connectivity index (χ4n) is 2.74. The summed E-state index contributed by atoms with van der Waals surface area (Å²) >= 11 is 7.57. The third-order valence-corrected chi connectivity index (χ3v) is 5.02. The zero-order valence-electron chi connectivity index (χ0n) is 9.17. The highest BCUT2D eigenvalue weighted by Gasteiger charge is 2.38. The smallest absolute Gasteiger partial charge is 0.104 e. The summed E-state index contributed by atoms with van der Waals surface area (Å²) in [6.07, 6.45) is 5.41. The Hall–Kier alpha value is -0.0900. The fraction of sp³-hybridized carbons (Fsp3) is 0.667. The molecule has 0 amide bonds. The van der Waals surface area contributed by atoms with Crippen LogP contribution in [-0.4, -0.2) is 18.7 Å². The van der Waals surface area contributed by atoms with E-state index in [-0.39, 0.29) is 11.6 Å². The van der Waals surface area contributed by atoms with E-state index >= 15 is 0 Å². The number of thiophene rings is 1. The molecule has 16 heavy (non-hydrogen) atoms. The topological polar surface area (TPSA) is 21.3 Å². The molecule has 1 saturated heterocycles. The fourth-order valence-corrected chi connectivity index (χ4v) is 3.85. The summed E-state index contributed by atoms with van der Waals surface area (Å²) in [5, 5.41) is 3.69. The number of morpholine rings is 1. The number of ether oxygens (including phenoxy) is 1. The van der Waals surface area contributed by atoms with Gasteiger partial charge in [-0.15, -0.1) is 11.3 Å². The second-order valence-corrected chi connectivity index (χ2v) is 6.56. The van der Waals surface area contributed by atoms with Crippen molar-refractivity contribution in [2.45, 2.75) is 37.3 Å². The van der Waals surface area contributed by atoms with Gasteiger partial charge >= 0.3 is 0 Å². The van der Waals surface area contributed by atoms with Crippen LogP contribution < -0.4 is 5.32 Å². The zero-order valence-corrected chi connectivity index (χ0v) is 10.7. The van der Waals surface area contributed by atoms with Crippen molar-refractivity contribution in [1.82, 2.24) is 5.32 Å². The van der Waals surface area contributed by atoms with Gasteiger partial charge in [0.05, 0.1) is 10.9 Å². The van der Waals surface area contributed by atoms with Crippen molar-refractivity contribution in [2.24, 2.45) is 0 Å². The molecule has 2 heterocycles. The molecule has 1 N–H and O–H groups in total. The first-order chi connectivity index (χ1) is 7.77. The van der Waals surface area contributed by atoms with Crippen LogP contribution in [0.5, 0.6) is 0 Å². The molecule has 1 aromatic rings. The lowest BCUT2D eigenvalue weighted by atomic mass is 9.96. The molecule has 0 radical (unpaired) electrons. The van der Waals surface area contributed by atoms with Crippen LogP contribution in [0, 0.1) is 0 Å². The molecule has 0 bridgehead atoms. The average molecular weight is 258 g/mol. The highest BCUT2D eigenvalue weighted by atomic mass is 35.5. The Morgan fingerprint density at radius 2 is 2.19 bits per heavy atom. The molecule has 0 aromatic carbocycles. The van der Waals surface area contributed by atoms with Gasteiger partial charge in [-0.05, 0) is 25.0 Å². The first-order valence-corrected chi connectivity index (χ1v) is 7.09. The highest BCUT2D eigenvalue weighted by molar-refractivity contribution is 7.16. The average Bonchev–Trinajstić information content (AvgIpc) is 2.90. The highest BCUT2D eigenvalue weighted by Crippen LogP contribution is 2.37. The number of halogens is 1. The zero-order chi connectivity index (χ0) is 11.0. The molecule has 4 heteroatoms. The third-order valence-electron chi connectivity index (χ3n) is 3.70. The van der Waals surface area contributed by atoms with E-state index in [1.54, 1.807) is 11.3 Å². The Labute approximate surface area is 105 Å². The Kier molecular flexibility index (Phi) is 2.96. The molecule has 1 aromatic heterocycles. The van der Waals surface area contributed by atoms with Gasteiger partial charge in [-0.25, -0.2) is 0 Å². The van der Waals surface area contributed by atoms with Crippen molar-refractivity contribution in [3.05, 3.63) is 21.3 Å². The first kappa shape index (κ1) is 11.0. The molecule has 1 saturated carbocycles. The second kappa shape index (κ2) is 4.30. The van der Waals surface area contributed by atoms with Crippen molar-refractivity contribution in [1.29, 1.82) is 0 Å². The summed E-state index contributed by atoms with van der Waals surface area (Å²) in [6, 6.07) is 4.02. The molecule has 2 nitrogen and oxygen atoms in total. The van der Waals surface area contributed by atoms with Crippen LogP contribution in [0.15, 0.2) is 12.1 Å². The van der Waals surface area contributed by atoms with E-state index in [9.17, 15) is 0 Å². The van der Waals surface area contributed by atoms with Crippen molar-refractivity contribution >= 4 is 22.9 Å². The lowest BCUT2D eigenvalue weighted by molar-refractivity contribution is -0.0309. The molecule has 1 atom stereocenters. The van der Waals surface area contributed by atoms with E-state index in [0.29, 0.717) is 0 Å². The van der Waals surface area contributed by atoms with Crippen molar-refractivity contribution in [3.8, 4) is 0 Å². The van der Waals surface area contributed by atoms with Crippen molar-refractivity contribution in [3.63, 3.8) is 0 Å². The third kappa shape index (κ3) is 2.02. The minimum atomic E-state index is 0.198. The summed E-state index contributed by atoms with van der Waals surface area (Å²) in [4.78, 5) is 1.24. The van der Waals surface area contributed by atoms with Gasteiger partial charge in [0.15, 0.2) is 0 Å². The van der Waals surface area contributed by atoms with Crippen LogP contribution in [0.3, 0.4) is 0 Å². The summed E-state index contributed by atoms with van der Waals surface area (Å²) in [5.74, 6) is 0. The molecule has 2 aliphatic rings. The summed E-state index contributed by atoms with van der Waals surface area (Å²) in [5.41, 5.74) is 0.289. The van der Waals surface area contributed by atoms with E-state index in [1.807, 2.05) is 6.07 Å². The maximum Gasteiger partial charge on any atom is 0.104 e. The lowest BCUT2D eigenvalue weighted by Gasteiger charge is -2.38. The van der Waals surface area contributed by atoms with Gasteiger partial charge in [-0.2, -0.15) is 0 Å². The van der Waals surface area contributed by atoms with Crippen LogP contribution in [0.2, 0.25) is 4.34 Å². The van der Waals surface area contributed by atoms with Crippen LogP contribution in [0.25, 0.3) is 0 Å².